The predicted octanol–water partition coefficient (Wildman–Crippen LogP) is 12.0. The van der Waals surface area contributed by atoms with Crippen LogP contribution in [0, 0.1) is 0 Å². The third kappa shape index (κ3) is 8.17. The fraction of sp³-hybridized carbons (Fsp3) is 0.211. The lowest BCUT2D eigenvalue weighted by Gasteiger charge is -2.13. The van der Waals surface area contributed by atoms with E-state index >= 15 is 0 Å². The Labute approximate surface area is 254 Å². The molecule has 0 unspecified atom stereocenters. The Morgan fingerprint density at radius 1 is 0.405 bits per heavy atom. The average Bonchev–Trinajstić information content (AvgIpc) is 2.92. The summed E-state index contributed by atoms with van der Waals surface area (Å²) in [5.74, 6) is 0. The zero-order valence-corrected chi connectivity index (χ0v) is 24.7. The first-order valence-corrected chi connectivity index (χ1v) is 13.0. The van der Waals surface area contributed by atoms with E-state index < -0.39 is 0 Å². The molecule has 218 valence electrons. The van der Waals surface area contributed by atoms with Crippen LogP contribution in [0.2, 0.25) is 0 Å². The molecule has 0 bridgehead atoms. The predicted molar refractivity (Wildman–Crippen MR) is 194 cm³/mol. The molecule has 4 nitrogen and oxygen atoms in total. The minimum atomic E-state index is 0. The van der Waals surface area contributed by atoms with E-state index in [1.165, 1.54) is 0 Å². The molecule has 0 saturated carbocycles. The van der Waals surface area contributed by atoms with Crippen molar-refractivity contribution in [3.8, 4) is 0 Å². The molecular formula is C38H46N4. The van der Waals surface area contributed by atoms with Gasteiger partial charge >= 0.3 is 0 Å². The number of benzene rings is 3. The highest BCUT2D eigenvalue weighted by Crippen LogP contribution is 2.40. The van der Waals surface area contributed by atoms with E-state index in [4.69, 9.17) is 9.98 Å². The maximum atomic E-state index is 5.02. The van der Waals surface area contributed by atoms with Gasteiger partial charge in [-0.3, -0.25) is 20.0 Å². The zero-order chi connectivity index (χ0) is 29.7. The van der Waals surface area contributed by atoms with Crippen LogP contribution in [0.25, 0.3) is 22.3 Å². The van der Waals surface area contributed by atoms with Gasteiger partial charge in [-0.1, -0.05) is 63.5 Å². The second-order valence-electron chi connectivity index (χ2n) is 10.3. The molecule has 0 aliphatic heterocycles. The first kappa shape index (κ1) is 35.3. The summed E-state index contributed by atoms with van der Waals surface area (Å²) in [5.41, 5.74) is 14.2. The summed E-state index contributed by atoms with van der Waals surface area (Å²) in [6, 6.07) is 16.3. The second-order valence-corrected chi connectivity index (χ2v) is 10.3. The molecule has 0 amide bonds. The van der Waals surface area contributed by atoms with Gasteiger partial charge < -0.3 is 0 Å². The zero-order valence-electron chi connectivity index (χ0n) is 24.7. The monoisotopic (exact) mass is 558 g/mol. The Morgan fingerprint density at radius 2 is 0.643 bits per heavy atom. The quantitative estimate of drug-likeness (QED) is 0.222. The second kappa shape index (κ2) is 14.8. The third-order valence-corrected chi connectivity index (χ3v) is 6.66. The van der Waals surface area contributed by atoms with Crippen LogP contribution in [0.15, 0.2) is 94.8 Å². The average molecular weight is 559 g/mol. The van der Waals surface area contributed by atoms with Gasteiger partial charge in [0.05, 0.1) is 22.7 Å². The first-order valence-electron chi connectivity index (χ1n) is 13.0. The minimum absolute atomic E-state index is 0. The lowest BCUT2D eigenvalue weighted by molar-refractivity contribution is 1.37. The van der Waals surface area contributed by atoms with Gasteiger partial charge in [-0.2, -0.15) is 0 Å². The van der Waals surface area contributed by atoms with Gasteiger partial charge in [-0.05, 0) is 137 Å². The Hall–Kier alpha value is -4.70. The van der Waals surface area contributed by atoms with Crippen LogP contribution in [-0.2, 0) is 0 Å². The van der Waals surface area contributed by atoms with Crippen LogP contribution in [0.1, 0.15) is 89.8 Å². The molecule has 0 spiro atoms. The molecule has 0 aromatic heterocycles. The summed E-state index contributed by atoms with van der Waals surface area (Å²) in [6.45, 7) is 35.9. The topological polar surface area (TPSA) is 49.4 Å². The Balaban J connectivity index is 0.00000441. The molecule has 0 fully saturated rings. The van der Waals surface area contributed by atoms with E-state index in [1.54, 1.807) is 0 Å². The highest BCUT2D eigenvalue weighted by Gasteiger charge is 2.12. The summed E-state index contributed by atoms with van der Waals surface area (Å²) in [6.07, 6.45) is 0. The van der Waals surface area contributed by atoms with Crippen LogP contribution in [0.3, 0.4) is 0 Å². The molecule has 4 heteroatoms. The molecular weight excluding hydrogens is 512 g/mol. The maximum Gasteiger partial charge on any atom is 0.0912 e. The fourth-order valence-corrected chi connectivity index (χ4v) is 4.14. The van der Waals surface area contributed by atoms with Crippen molar-refractivity contribution < 1.29 is 0 Å². The molecule has 42 heavy (non-hydrogen) atoms. The molecule has 0 heterocycles. The minimum Gasteiger partial charge on any atom is -0.262 e. The van der Waals surface area contributed by atoms with Crippen molar-refractivity contribution in [1.82, 2.24) is 0 Å². The van der Waals surface area contributed by atoms with Crippen LogP contribution < -0.4 is 0 Å². The molecule has 0 N–H and O–H groups in total. The van der Waals surface area contributed by atoms with Gasteiger partial charge in [0.2, 0.25) is 0 Å². The highest BCUT2D eigenvalue weighted by molar-refractivity contribution is 6.05. The summed E-state index contributed by atoms with van der Waals surface area (Å²) in [5, 5.41) is 0. The van der Waals surface area contributed by atoms with E-state index in [9.17, 15) is 0 Å². The van der Waals surface area contributed by atoms with Crippen molar-refractivity contribution in [3.05, 3.63) is 108 Å². The number of hydrogen-bond acceptors (Lipinski definition) is 4. The Kier molecular flexibility index (Phi) is 12.4. The lowest BCUT2D eigenvalue weighted by Crippen LogP contribution is -1.99. The molecule has 0 atom stereocenters. The number of aliphatic imine (C=N–C) groups is 4. The largest absolute Gasteiger partial charge is 0.262 e. The van der Waals surface area contributed by atoms with Crippen molar-refractivity contribution >= 4 is 69.9 Å². The van der Waals surface area contributed by atoms with Gasteiger partial charge in [0.1, 0.15) is 0 Å². The van der Waals surface area contributed by atoms with Crippen molar-refractivity contribution in [1.29, 1.82) is 0 Å². The van der Waals surface area contributed by atoms with E-state index in [2.05, 4.69) is 86.1 Å². The summed E-state index contributed by atoms with van der Waals surface area (Å²) >= 11 is 0. The molecule has 0 aliphatic rings. The van der Waals surface area contributed by atoms with Gasteiger partial charge in [0, 0.05) is 11.4 Å². The number of nitrogens with zero attached hydrogens (tertiary/aromatic N) is 4. The van der Waals surface area contributed by atoms with E-state index in [0.29, 0.717) is 22.7 Å². The normalized spacial score (nSPS) is 11.1. The smallest absolute Gasteiger partial charge is 0.0912 e. The standard InChI is InChI=1S/C36H38N4.2CH4/c1-21(2)27-13-28(22(3)4)16-31(15-27)25(9)39-35-19-33(37-11)34(38-12)20-36(35)40-26(10)32-17-29(23(5)6)14-30(18-32)24(7)8;;/h13-20H,1,3,5,7,11-12H2,2,4,6,8-10H3;2*1H4. The fourth-order valence-electron chi connectivity index (χ4n) is 4.14. The SMILES string of the molecule is C.C.C=Nc1cc(N=C(C)c2cc(C(=C)C)cc(C(=C)C)c2)c(N=C(C)c2cc(C(=C)C)cc(C(=C)C)c2)cc1N=C. The van der Waals surface area contributed by atoms with Crippen molar-refractivity contribution in [2.45, 2.75) is 56.4 Å². The molecule has 3 rings (SSSR count). The van der Waals surface area contributed by atoms with Gasteiger partial charge in [-0.25, -0.2) is 0 Å². The van der Waals surface area contributed by atoms with Crippen molar-refractivity contribution in [2.24, 2.45) is 20.0 Å². The maximum absolute atomic E-state index is 5.02. The summed E-state index contributed by atoms with van der Waals surface area (Å²) in [4.78, 5) is 18.4. The third-order valence-electron chi connectivity index (χ3n) is 6.66. The summed E-state index contributed by atoms with van der Waals surface area (Å²) in [7, 11) is 0. The first-order chi connectivity index (χ1) is 18.8. The van der Waals surface area contributed by atoms with Crippen LogP contribution in [0.5, 0.6) is 0 Å². The van der Waals surface area contributed by atoms with Crippen LogP contribution in [0.4, 0.5) is 22.7 Å². The van der Waals surface area contributed by atoms with Crippen LogP contribution >= 0.6 is 0 Å². The van der Waals surface area contributed by atoms with E-state index in [-0.39, 0.29) is 14.9 Å². The molecule has 3 aromatic rings. The van der Waals surface area contributed by atoms with Crippen LogP contribution in [-0.4, -0.2) is 24.9 Å². The molecule has 3 aromatic carbocycles. The number of hydrogen-bond donors (Lipinski definition) is 0. The van der Waals surface area contributed by atoms with Gasteiger partial charge in [-0.15, -0.1) is 0 Å². The molecule has 0 saturated heterocycles. The molecule has 0 radical (unpaired) electrons. The number of allylic oxidation sites excluding steroid dienone is 4. The summed E-state index contributed by atoms with van der Waals surface area (Å²) < 4.78 is 0. The number of rotatable bonds is 10. The molecule has 0 aliphatic carbocycles. The van der Waals surface area contributed by atoms with Crippen molar-refractivity contribution in [2.75, 3.05) is 0 Å². The van der Waals surface area contributed by atoms with Crippen molar-refractivity contribution in [3.63, 3.8) is 0 Å². The Morgan fingerprint density at radius 3 is 0.857 bits per heavy atom. The van der Waals surface area contributed by atoms with E-state index in [1.807, 2.05) is 53.7 Å². The lowest BCUT2D eigenvalue weighted by atomic mass is 9.96. The van der Waals surface area contributed by atoms with E-state index in [0.717, 1.165) is 67.1 Å². The highest BCUT2D eigenvalue weighted by atomic mass is 14.9. The van der Waals surface area contributed by atoms with Gasteiger partial charge in [0.15, 0.2) is 0 Å². The Bertz CT molecular complexity index is 1460. The van der Waals surface area contributed by atoms with Gasteiger partial charge in [0.25, 0.3) is 0 Å².